The molecule has 0 saturated carbocycles. The number of benzene rings is 5. The van der Waals surface area contributed by atoms with Crippen LogP contribution in [0.2, 0.25) is 0 Å². The van der Waals surface area contributed by atoms with Crippen molar-refractivity contribution in [3.63, 3.8) is 0 Å². The van der Waals surface area contributed by atoms with Gasteiger partial charge in [-0.1, -0.05) is 124 Å². The molecular weight excluding hydrogens is 1210 g/mol. The average Bonchev–Trinajstić information content (AvgIpc) is 1.64. The number of amides is 7. The van der Waals surface area contributed by atoms with E-state index in [0.29, 0.717) is 68.5 Å². The number of ether oxygens (including phenoxy) is 5. The number of primary amides is 1. The summed E-state index contributed by atoms with van der Waals surface area (Å²) in [5, 5.41) is 14.8. The maximum atomic E-state index is 13.8. The summed E-state index contributed by atoms with van der Waals surface area (Å²) in [4.78, 5) is 102. The number of anilines is 3. The maximum Gasteiger partial charge on any atom is 0.407 e. The van der Waals surface area contributed by atoms with E-state index in [9.17, 15) is 33.6 Å². The van der Waals surface area contributed by atoms with E-state index >= 15 is 0 Å². The number of rotatable bonds is 38. The van der Waals surface area contributed by atoms with Crippen LogP contribution in [0.3, 0.4) is 0 Å². The highest BCUT2D eigenvalue weighted by molar-refractivity contribution is 6.06. The van der Waals surface area contributed by atoms with E-state index in [1.165, 1.54) is 0 Å². The molecule has 23 heteroatoms. The lowest BCUT2D eigenvalue weighted by atomic mass is 9.89. The number of nitrogens with zero attached hydrogens (tertiary/aromatic N) is 4. The number of aryl methyl sites for hydroxylation is 1. The van der Waals surface area contributed by atoms with Crippen LogP contribution in [0, 0.1) is 23.7 Å². The van der Waals surface area contributed by atoms with Gasteiger partial charge in [0, 0.05) is 86.4 Å². The number of imidazole rings is 1. The van der Waals surface area contributed by atoms with Gasteiger partial charge in [0.25, 0.3) is 0 Å². The van der Waals surface area contributed by atoms with Gasteiger partial charge in [-0.2, -0.15) is 0 Å². The summed E-state index contributed by atoms with van der Waals surface area (Å²) < 4.78 is 30.1. The number of hydrogen-bond acceptors (Lipinski definition) is 15. The summed E-state index contributed by atoms with van der Waals surface area (Å²) in [7, 11) is 0. The predicted octanol–water partition coefficient (Wildman–Crippen LogP) is 8.39. The minimum Gasteiger partial charge on any atom is -0.445 e. The second-order valence-corrected chi connectivity index (χ2v) is 23.4. The fourth-order valence-electron chi connectivity index (χ4n) is 10.8. The summed E-state index contributed by atoms with van der Waals surface area (Å²) in [6.45, 7) is 9.56. The predicted molar refractivity (Wildman–Crippen MR) is 363 cm³/mol. The molecule has 3 heterocycles. The van der Waals surface area contributed by atoms with E-state index < -0.39 is 30.0 Å². The lowest BCUT2D eigenvalue weighted by molar-refractivity contribution is -0.131. The van der Waals surface area contributed by atoms with Crippen molar-refractivity contribution in [3.05, 3.63) is 161 Å². The lowest BCUT2D eigenvalue weighted by Crippen LogP contribution is -2.45. The van der Waals surface area contributed by atoms with Crippen molar-refractivity contribution >= 4 is 80.7 Å². The fourth-order valence-corrected chi connectivity index (χ4v) is 10.8. The molecule has 8 rings (SSSR count). The number of fused-ring (bicyclic) bond motifs is 5. The zero-order valence-corrected chi connectivity index (χ0v) is 54.4. The number of alkyl carbamates (subject to hydrolysis) is 1. The molecule has 502 valence electrons. The van der Waals surface area contributed by atoms with Crippen molar-refractivity contribution in [2.75, 3.05) is 81.9 Å². The van der Waals surface area contributed by atoms with E-state index in [1.54, 1.807) is 29.2 Å². The number of nitrogen functional groups attached to an aromatic ring is 1. The van der Waals surface area contributed by atoms with Crippen LogP contribution in [0.4, 0.5) is 26.8 Å². The molecule has 0 saturated heterocycles. The zero-order chi connectivity index (χ0) is 67.3. The first-order chi connectivity index (χ1) is 46.1. The van der Waals surface area contributed by atoms with Crippen molar-refractivity contribution in [3.8, 4) is 11.8 Å². The molecule has 2 aromatic heterocycles. The third-order valence-corrected chi connectivity index (χ3v) is 15.9. The van der Waals surface area contributed by atoms with Crippen molar-refractivity contribution in [1.29, 1.82) is 0 Å². The molecule has 0 fully saturated rings. The minimum absolute atomic E-state index is 0.00675. The Labute approximate surface area is 554 Å². The largest absolute Gasteiger partial charge is 0.445 e. The number of nitrogens with two attached hydrogens (primary N) is 2. The van der Waals surface area contributed by atoms with Crippen molar-refractivity contribution in [2.24, 2.45) is 17.6 Å². The number of aromatic nitrogens is 3. The van der Waals surface area contributed by atoms with Crippen LogP contribution in [0.1, 0.15) is 111 Å². The van der Waals surface area contributed by atoms with E-state index in [1.807, 2.05) is 111 Å². The van der Waals surface area contributed by atoms with Crippen LogP contribution in [0.5, 0.6) is 0 Å². The first-order valence-electron chi connectivity index (χ1n) is 32.5. The number of nitrogens with one attached hydrogen (secondary N) is 5. The normalized spacial score (nSPS) is 12.3. The van der Waals surface area contributed by atoms with Gasteiger partial charge in [0.1, 0.15) is 17.9 Å². The molecule has 0 unspecified atom stereocenters. The Balaban J connectivity index is 0.671. The maximum absolute atomic E-state index is 13.8. The summed E-state index contributed by atoms with van der Waals surface area (Å²) >= 11 is 0. The molecule has 5 aromatic carbocycles. The van der Waals surface area contributed by atoms with Crippen molar-refractivity contribution in [1.82, 2.24) is 35.8 Å². The van der Waals surface area contributed by atoms with Crippen molar-refractivity contribution in [2.45, 2.75) is 111 Å². The second kappa shape index (κ2) is 37.2. The third kappa shape index (κ3) is 22.2. The number of pyridine rings is 1. The van der Waals surface area contributed by atoms with Gasteiger partial charge in [-0.15, -0.1) is 0 Å². The third-order valence-electron chi connectivity index (χ3n) is 15.9. The second-order valence-electron chi connectivity index (χ2n) is 23.4. The number of carbonyl (C=O) groups excluding carboxylic acids is 7. The smallest absolute Gasteiger partial charge is 0.407 e. The van der Waals surface area contributed by atoms with Gasteiger partial charge in [0.05, 0.1) is 82.2 Å². The van der Waals surface area contributed by atoms with E-state index in [-0.39, 0.29) is 114 Å². The number of Topliss-reactive ketones (excluding diaryl/α,β-unsaturated/α-hetero) is 1. The molecule has 1 aliphatic heterocycles. The molecule has 0 spiro atoms. The van der Waals surface area contributed by atoms with E-state index in [4.69, 9.17) is 40.1 Å². The Morgan fingerprint density at radius 3 is 2.03 bits per heavy atom. The van der Waals surface area contributed by atoms with Crippen LogP contribution in [-0.2, 0) is 80.3 Å². The van der Waals surface area contributed by atoms with E-state index in [0.717, 1.165) is 75.0 Å². The number of hydrogen-bond donors (Lipinski definition) is 7. The van der Waals surface area contributed by atoms with Crippen LogP contribution in [0.15, 0.2) is 121 Å². The Kier molecular flexibility index (Phi) is 27.9. The standard InChI is InChI=1S/C72H87N11O12/c1-4-5-20-62-80-67-68(58-17-9-10-18-59(58)79-69(67)73)83(62)46-51-23-21-50(22-24-51)45-77-72(90)95-48-52-25-29-57(30-26-52)78-70(88)55(16-12-34-76-71(74)89)44-61(84)66(49(2)3)81-64(86)33-36-91-38-40-93-42-43-94-41-39-92-37-35-75-63(85)31-32-65(87)82-47-56-15-7-6-13-53(56)27-28-54-14-8-11-19-60(54)82/h6-11,13-15,17-19,21-26,29-30,49,55,66H,4-5,12,16,20,31-48H2,1-3H3,(H2,73,79)(H,75,85)(H,77,90)(H,78,88)(H,81,86)(H3,74,76,89)/t55-,66+/m1/s1. The topological polar surface area (TPSA) is 312 Å². The molecule has 1 aliphatic rings. The SMILES string of the molecule is CCCCc1nc2c(N)nc3ccccc3c2n1Cc1ccc(CNC(=O)OCc2ccc(NC(=O)[C@H](CCCNC(N)=O)CC(=O)[C@@H](NC(=O)CCOCCOCCOCCOCCNC(=O)CCC(=O)N3Cc4ccccc4C#Cc4ccccc43)C(C)C)cc2)cc1. The quantitative estimate of drug-likeness (QED) is 0.0141. The molecule has 23 nitrogen and oxygen atoms in total. The van der Waals surface area contributed by atoms with Gasteiger partial charge < -0.3 is 71.2 Å². The number of urea groups is 1. The van der Waals surface area contributed by atoms with Crippen LogP contribution >= 0.6 is 0 Å². The van der Waals surface area contributed by atoms with Crippen LogP contribution < -0.4 is 43.0 Å². The molecule has 95 heavy (non-hydrogen) atoms. The highest BCUT2D eigenvalue weighted by Crippen LogP contribution is 2.31. The Morgan fingerprint density at radius 2 is 1.31 bits per heavy atom. The monoisotopic (exact) mass is 1300 g/mol. The summed E-state index contributed by atoms with van der Waals surface area (Å²) in [5.41, 5.74) is 20.5. The summed E-state index contributed by atoms with van der Waals surface area (Å²) in [5.74, 6) is 5.12. The Bertz CT molecular complexity index is 3790. The number of para-hydroxylation sites is 2. The molecule has 0 aliphatic carbocycles. The van der Waals surface area contributed by atoms with E-state index in [2.05, 4.69) is 54.9 Å². The van der Waals surface area contributed by atoms with Gasteiger partial charge in [-0.05, 0) is 83.8 Å². The fraction of sp³-hybridized carbons (Fsp3) is 0.403. The molecule has 0 radical (unpaired) electrons. The average molecular weight is 1300 g/mol. The van der Waals surface area contributed by atoms with Gasteiger partial charge in [-0.3, -0.25) is 24.0 Å². The Hall–Kier alpha value is -9.73. The van der Waals surface area contributed by atoms with Gasteiger partial charge in [0.2, 0.25) is 23.6 Å². The zero-order valence-electron chi connectivity index (χ0n) is 54.4. The molecule has 0 bridgehead atoms. The molecule has 7 amide bonds. The van der Waals surface area contributed by atoms with Crippen LogP contribution in [0.25, 0.3) is 21.9 Å². The Morgan fingerprint density at radius 1 is 0.653 bits per heavy atom. The number of carbonyl (C=O) groups is 7. The first-order valence-corrected chi connectivity index (χ1v) is 32.5. The highest BCUT2D eigenvalue weighted by atomic mass is 16.6. The summed E-state index contributed by atoms with van der Waals surface area (Å²) in [6, 6.07) is 36.4. The highest BCUT2D eigenvalue weighted by Gasteiger charge is 2.30. The molecule has 9 N–H and O–H groups in total. The molecule has 2 atom stereocenters. The van der Waals surface area contributed by atoms with Gasteiger partial charge >= 0.3 is 12.1 Å². The van der Waals surface area contributed by atoms with Gasteiger partial charge in [-0.25, -0.2) is 19.6 Å². The van der Waals surface area contributed by atoms with Crippen molar-refractivity contribution < 1.29 is 57.2 Å². The number of unbranched alkanes of at least 4 members (excludes halogenated alkanes) is 1. The first kappa shape index (κ1) is 71.1. The van der Waals surface area contributed by atoms with Crippen LogP contribution in [-0.4, -0.2) is 128 Å². The number of ketones is 1. The molecule has 7 aromatic rings. The summed E-state index contributed by atoms with van der Waals surface area (Å²) in [6.07, 6.45) is 2.74. The minimum atomic E-state index is -0.873. The van der Waals surface area contributed by atoms with Gasteiger partial charge in [0.15, 0.2) is 11.6 Å². The molecular formula is C72H87N11O12. The lowest BCUT2D eigenvalue weighted by Gasteiger charge is -2.26.